The van der Waals surface area contributed by atoms with Crippen LogP contribution >= 0.6 is 11.8 Å². The third-order valence-electron chi connectivity index (χ3n) is 3.44. The van der Waals surface area contributed by atoms with Crippen LogP contribution in [0.4, 0.5) is 0 Å². The number of benzene rings is 2. The molecule has 1 N–H and O–H groups in total. The van der Waals surface area contributed by atoms with Gasteiger partial charge in [-0.05, 0) is 36.9 Å². The zero-order chi connectivity index (χ0) is 14.8. The van der Waals surface area contributed by atoms with E-state index in [9.17, 15) is 0 Å². The van der Waals surface area contributed by atoms with Gasteiger partial charge in [0, 0.05) is 15.8 Å². The smallest absolute Gasteiger partial charge is 0.160 e. The first-order valence-electron chi connectivity index (χ1n) is 6.59. The molecule has 0 unspecified atom stereocenters. The molecule has 0 spiro atoms. The molecule has 0 fully saturated rings. The Labute approximate surface area is 127 Å². The number of oxime groups is 1. The van der Waals surface area contributed by atoms with Crippen LogP contribution in [0.2, 0.25) is 0 Å². The highest BCUT2D eigenvalue weighted by molar-refractivity contribution is 7.98. The van der Waals surface area contributed by atoms with Gasteiger partial charge in [0.25, 0.3) is 0 Å². The van der Waals surface area contributed by atoms with Crippen LogP contribution < -0.4 is 0 Å². The van der Waals surface area contributed by atoms with Crippen LogP contribution in [0.5, 0.6) is 0 Å². The summed E-state index contributed by atoms with van der Waals surface area (Å²) in [5.74, 6) is 0.608. The summed E-state index contributed by atoms with van der Waals surface area (Å²) in [6.07, 6.45) is 2.05. The van der Waals surface area contributed by atoms with E-state index < -0.39 is 0 Å². The summed E-state index contributed by atoms with van der Waals surface area (Å²) in [6.45, 7) is 1.74. The van der Waals surface area contributed by atoms with Crippen molar-refractivity contribution in [2.24, 2.45) is 5.16 Å². The summed E-state index contributed by atoms with van der Waals surface area (Å²) in [7, 11) is 0. The molecule has 2 aromatic carbocycles. The van der Waals surface area contributed by atoms with Crippen molar-refractivity contribution in [1.82, 2.24) is 0 Å². The Hall–Kier alpha value is -2.20. The summed E-state index contributed by atoms with van der Waals surface area (Å²) in [5, 5.41) is 13.4. The van der Waals surface area contributed by atoms with Gasteiger partial charge in [0.2, 0.25) is 0 Å². The molecule has 0 aliphatic rings. The number of hydrogen-bond donors (Lipinski definition) is 1. The molecule has 0 bridgehead atoms. The van der Waals surface area contributed by atoms with E-state index in [1.165, 1.54) is 4.90 Å². The van der Waals surface area contributed by atoms with Gasteiger partial charge in [-0.1, -0.05) is 35.5 Å². The van der Waals surface area contributed by atoms with Crippen molar-refractivity contribution < 1.29 is 9.62 Å². The third kappa shape index (κ3) is 2.43. The van der Waals surface area contributed by atoms with Gasteiger partial charge < -0.3 is 9.62 Å². The number of thioether (sulfide) groups is 1. The molecule has 3 nitrogen and oxygen atoms in total. The van der Waals surface area contributed by atoms with Gasteiger partial charge >= 0.3 is 0 Å². The molecular formula is C17H15NO2S. The molecule has 4 heteroatoms. The molecule has 0 aliphatic heterocycles. The van der Waals surface area contributed by atoms with Gasteiger partial charge in [0.05, 0.1) is 0 Å². The Morgan fingerprint density at radius 3 is 2.57 bits per heavy atom. The lowest BCUT2D eigenvalue weighted by Gasteiger charge is -2.03. The van der Waals surface area contributed by atoms with E-state index in [1.54, 1.807) is 18.7 Å². The quantitative estimate of drug-likeness (QED) is 0.319. The van der Waals surface area contributed by atoms with Crippen molar-refractivity contribution in [2.75, 3.05) is 6.26 Å². The molecule has 0 saturated carbocycles. The fourth-order valence-corrected chi connectivity index (χ4v) is 2.84. The van der Waals surface area contributed by atoms with Gasteiger partial charge in [0.15, 0.2) is 5.76 Å². The van der Waals surface area contributed by atoms with E-state index in [4.69, 9.17) is 9.62 Å². The van der Waals surface area contributed by atoms with E-state index >= 15 is 0 Å². The fourth-order valence-electron chi connectivity index (χ4n) is 2.40. The first kappa shape index (κ1) is 13.8. The van der Waals surface area contributed by atoms with Gasteiger partial charge in [-0.3, -0.25) is 0 Å². The number of nitrogens with zero attached hydrogens (tertiary/aromatic N) is 1. The second-order valence-corrected chi connectivity index (χ2v) is 5.60. The second-order valence-electron chi connectivity index (χ2n) is 4.72. The standard InChI is InChI=1S/C17H15NO2S/c1-11(18-19)17-16(12-6-4-3-5-7-12)14-10-13(21-2)8-9-15(14)20-17/h3-10,19H,1-2H3/b18-11+. The van der Waals surface area contributed by atoms with Gasteiger partial charge in [-0.25, -0.2) is 0 Å². The molecule has 0 saturated heterocycles. The molecule has 1 heterocycles. The predicted octanol–water partition coefficient (Wildman–Crippen LogP) is 5.02. The van der Waals surface area contributed by atoms with Crippen LogP contribution in [-0.4, -0.2) is 17.2 Å². The molecule has 3 aromatic rings. The van der Waals surface area contributed by atoms with Crippen LogP contribution in [-0.2, 0) is 0 Å². The zero-order valence-corrected chi connectivity index (χ0v) is 12.6. The minimum Gasteiger partial charge on any atom is -0.454 e. The van der Waals surface area contributed by atoms with E-state index in [0.717, 1.165) is 22.1 Å². The minimum atomic E-state index is 0.468. The molecule has 0 radical (unpaired) electrons. The number of rotatable bonds is 3. The van der Waals surface area contributed by atoms with Crippen molar-refractivity contribution in [3.8, 4) is 11.1 Å². The highest BCUT2D eigenvalue weighted by Crippen LogP contribution is 2.37. The predicted molar refractivity (Wildman–Crippen MR) is 87.4 cm³/mol. The largest absolute Gasteiger partial charge is 0.454 e. The van der Waals surface area contributed by atoms with Crippen molar-refractivity contribution in [2.45, 2.75) is 11.8 Å². The molecule has 106 valence electrons. The van der Waals surface area contributed by atoms with Gasteiger partial charge in [-0.15, -0.1) is 11.8 Å². The Bertz CT molecular complexity index is 806. The molecule has 21 heavy (non-hydrogen) atoms. The Morgan fingerprint density at radius 1 is 1.14 bits per heavy atom. The lowest BCUT2D eigenvalue weighted by Crippen LogP contribution is -1.94. The normalized spacial score (nSPS) is 12.0. The van der Waals surface area contributed by atoms with E-state index in [-0.39, 0.29) is 0 Å². The van der Waals surface area contributed by atoms with Crippen LogP contribution in [0.1, 0.15) is 12.7 Å². The Balaban J connectivity index is 2.36. The maximum absolute atomic E-state index is 9.11. The van der Waals surface area contributed by atoms with Gasteiger partial charge in [-0.2, -0.15) is 0 Å². The molecule has 0 aliphatic carbocycles. The first-order valence-corrected chi connectivity index (χ1v) is 7.82. The SMILES string of the molecule is CSc1ccc2oc(/C(C)=N/O)c(-c3ccccc3)c2c1. The molecular weight excluding hydrogens is 282 g/mol. The van der Waals surface area contributed by atoms with E-state index in [2.05, 4.69) is 11.2 Å². The summed E-state index contributed by atoms with van der Waals surface area (Å²) in [6, 6.07) is 16.1. The summed E-state index contributed by atoms with van der Waals surface area (Å²) >= 11 is 1.69. The first-order chi connectivity index (χ1) is 10.2. The molecule has 3 rings (SSSR count). The van der Waals surface area contributed by atoms with Crippen LogP contribution in [0.15, 0.2) is 63.0 Å². The number of fused-ring (bicyclic) bond motifs is 1. The van der Waals surface area contributed by atoms with Crippen molar-refractivity contribution in [1.29, 1.82) is 0 Å². The van der Waals surface area contributed by atoms with E-state index in [1.807, 2.05) is 48.7 Å². The topological polar surface area (TPSA) is 45.7 Å². The lowest BCUT2D eigenvalue weighted by molar-refractivity contribution is 0.318. The monoisotopic (exact) mass is 297 g/mol. The maximum Gasteiger partial charge on any atom is 0.160 e. The number of hydrogen-bond acceptors (Lipinski definition) is 4. The second kappa shape index (κ2) is 5.66. The summed E-state index contributed by atoms with van der Waals surface area (Å²) in [5.41, 5.74) is 3.28. The molecule has 0 amide bonds. The highest BCUT2D eigenvalue weighted by atomic mass is 32.2. The van der Waals surface area contributed by atoms with Gasteiger partial charge in [0.1, 0.15) is 11.3 Å². The lowest BCUT2D eigenvalue weighted by atomic mass is 10.0. The van der Waals surface area contributed by atoms with Crippen molar-refractivity contribution in [3.05, 3.63) is 54.3 Å². The van der Waals surface area contributed by atoms with Crippen LogP contribution in [0.25, 0.3) is 22.1 Å². The zero-order valence-electron chi connectivity index (χ0n) is 11.8. The van der Waals surface area contributed by atoms with Crippen molar-refractivity contribution >= 4 is 28.4 Å². The van der Waals surface area contributed by atoms with Crippen LogP contribution in [0, 0.1) is 0 Å². The summed E-state index contributed by atoms with van der Waals surface area (Å²) in [4.78, 5) is 1.17. The molecule has 1 aromatic heterocycles. The third-order valence-corrected chi connectivity index (χ3v) is 4.16. The number of furan rings is 1. The average molecular weight is 297 g/mol. The average Bonchev–Trinajstić information content (AvgIpc) is 2.93. The Kier molecular flexibility index (Phi) is 3.71. The summed E-state index contributed by atoms with van der Waals surface area (Å²) < 4.78 is 5.91. The maximum atomic E-state index is 9.11. The Morgan fingerprint density at radius 2 is 1.90 bits per heavy atom. The molecule has 0 atom stereocenters. The van der Waals surface area contributed by atoms with E-state index in [0.29, 0.717) is 11.5 Å². The van der Waals surface area contributed by atoms with Crippen LogP contribution in [0.3, 0.4) is 0 Å². The fraction of sp³-hybridized carbons (Fsp3) is 0.118. The minimum absolute atomic E-state index is 0.468. The van der Waals surface area contributed by atoms with Crippen molar-refractivity contribution in [3.63, 3.8) is 0 Å². The highest BCUT2D eigenvalue weighted by Gasteiger charge is 2.18.